The molecule has 1 unspecified atom stereocenters. The molecule has 5 nitrogen and oxygen atoms in total. The summed E-state index contributed by atoms with van der Waals surface area (Å²) >= 11 is 5.55. The molecule has 1 saturated heterocycles. The van der Waals surface area contributed by atoms with E-state index >= 15 is 0 Å². The van der Waals surface area contributed by atoms with Gasteiger partial charge in [0.1, 0.15) is 0 Å². The smallest absolute Gasteiger partial charge is 0.310 e. The molecular formula is C12H22ClNO4S. The Morgan fingerprint density at radius 2 is 2.16 bits per heavy atom. The number of esters is 1. The number of hydrogen-bond donors (Lipinski definition) is 0. The summed E-state index contributed by atoms with van der Waals surface area (Å²) in [5, 5.41) is 0. The maximum Gasteiger partial charge on any atom is 0.310 e. The van der Waals surface area contributed by atoms with Crippen molar-refractivity contribution >= 4 is 27.6 Å². The highest BCUT2D eigenvalue weighted by Crippen LogP contribution is 2.21. The van der Waals surface area contributed by atoms with Gasteiger partial charge >= 0.3 is 5.97 Å². The van der Waals surface area contributed by atoms with E-state index in [9.17, 15) is 13.2 Å². The maximum atomic E-state index is 12.1. The number of unbranched alkanes of at least 4 members (excludes halogenated alkanes) is 1. The fourth-order valence-corrected chi connectivity index (χ4v) is 3.99. The molecule has 0 aromatic carbocycles. The Morgan fingerprint density at radius 3 is 2.79 bits per heavy atom. The van der Waals surface area contributed by atoms with Crippen LogP contribution in [-0.4, -0.2) is 50.0 Å². The fraction of sp³-hybridized carbons (Fsp3) is 0.917. The lowest BCUT2D eigenvalue weighted by atomic mass is 10.0. The van der Waals surface area contributed by atoms with Crippen molar-refractivity contribution in [2.75, 3.05) is 31.3 Å². The summed E-state index contributed by atoms with van der Waals surface area (Å²) in [5.74, 6) is -0.0318. The molecule has 0 saturated carbocycles. The van der Waals surface area contributed by atoms with Crippen LogP contribution in [0.2, 0.25) is 0 Å². The van der Waals surface area contributed by atoms with E-state index in [1.807, 2.05) is 0 Å². The first kappa shape index (κ1) is 16.7. The van der Waals surface area contributed by atoms with Crippen molar-refractivity contribution in [3.05, 3.63) is 0 Å². The second-order valence-electron chi connectivity index (χ2n) is 4.66. The Balaban J connectivity index is 2.55. The summed E-state index contributed by atoms with van der Waals surface area (Å²) in [5.41, 5.74) is 0. The second kappa shape index (κ2) is 8.07. The van der Waals surface area contributed by atoms with Crippen LogP contribution in [0.15, 0.2) is 0 Å². The molecule has 112 valence electrons. The van der Waals surface area contributed by atoms with Gasteiger partial charge < -0.3 is 4.74 Å². The largest absolute Gasteiger partial charge is 0.466 e. The molecule has 1 aliphatic heterocycles. The minimum Gasteiger partial charge on any atom is -0.466 e. The van der Waals surface area contributed by atoms with E-state index in [-0.39, 0.29) is 24.2 Å². The first-order chi connectivity index (χ1) is 9.01. The van der Waals surface area contributed by atoms with Gasteiger partial charge in [0.05, 0.1) is 18.3 Å². The SMILES string of the molecule is CCOC(=O)C1CCCN(S(=O)(=O)CCCCCl)C1. The molecule has 1 rings (SSSR count). The minimum atomic E-state index is -3.27. The van der Waals surface area contributed by atoms with Crippen LogP contribution in [-0.2, 0) is 19.6 Å². The van der Waals surface area contributed by atoms with Crippen LogP contribution in [0, 0.1) is 5.92 Å². The third kappa shape index (κ3) is 5.28. The molecule has 0 bridgehead atoms. The first-order valence-corrected chi connectivity index (χ1v) is 8.86. The van der Waals surface area contributed by atoms with Gasteiger partial charge in [-0.25, -0.2) is 12.7 Å². The van der Waals surface area contributed by atoms with E-state index in [0.717, 1.165) is 0 Å². The number of halogens is 1. The number of rotatable bonds is 7. The van der Waals surface area contributed by atoms with Crippen molar-refractivity contribution in [3.63, 3.8) is 0 Å². The lowest BCUT2D eigenvalue weighted by Gasteiger charge is -2.30. The number of alkyl halides is 1. The van der Waals surface area contributed by atoms with E-state index < -0.39 is 10.0 Å². The molecule has 0 amide bonds. The number of carbonyl (C=O) groups excluding carboxylic acids is 1. The molecule has 0 aromatic heterocycles. The van der Waals surface area contributed by atoms with Crippen molar-refractivity contribution in [3.8, 4) is 0 Å². The van der Waals surface area contributed by atoms with Gasteiger partial charge in [-0.15, -0.1) is 11.6 Å². The van der Waals surface area contributed by atoms with Gasteiger partial charge in [0, 0.05) is 19.0 Å². The number of ether oxygens (including phenoxy) is 1. The molecule has 1 atom stereocenters. The fourth-order valence-electron chi connectivity index (χ4n) is 2.16. The third-order valence-electron chi connectivity index (χ3n) is 3.18. The Morgan fingerprint density at radius 1 is 1.42 bits per heavy atom. The van der Waals surface area contributed by atoms with Crippen LogP contribution < -0.4 is 0 Å². The summed E-state index contributed by atoms with van der Waals surface area (Å²) in [6.07, 6.45) is 2.66. The van der Waals surface area contributed by atoms with Crippen LogP contribution in [0.5, 0.6) is 0 Å². The number of piperidine rings is 1. The lowest BCUT2D eigenvalue weighted by Crippen LogP contribution is -2.43. The molecular weight excluding hydrogens is 290 g/mol. The Hall–Kier alpha value is -0.330. The third-order valence-corrected chi connectivity index (χ3v) is 5.37. The zero-order valence-electron chi connectivity index (χ0n) is 11.3. The molecule has 1 fully saturated rings. The summed E-state index contributed by atoms with van der Waals surface area (Å²) < 4.78 is 30.6. The van der Waals surface area contributed by atoms with Crippen molar-refractivity contribution in [2.24, 2.45) is 5.92 Å². The Kier molecular flexibility index (Phi) is 7.10. The molecule has 19 heavy (non-hydrogen) atoms. The van der Waals surface area contributed by atoms with Crippen LogP contribution in [0.3, 0.4) is 0 Å². The lowest BCUT2D eigenvalue weighted by molar-refractivity contribution is -0.149. The Labute approximate surface area is 120 Å². The maximum absolute atomic E-state index is 12.1. The van der Waals surface area contributed by atoms with Gasteiger partial charge in [-0.3, -0.25) is 4.79 Å². The zero-order chi connectivity index (χ0) is 14.3. The Bertz CT molecular complexity index is 385. The highest BCUT2D eigenvalue weighted by Gasteiger charge is 2.32. The van der Waals surface area contributed by atoms with E-state index in [1.165, 1.54) is 4.31 Å². The normalized spacial score (nSPS) is 21.3. The second-order valence-corrected chi connectivity index (χ2v) is 7.13. The van der Waals surface area contributed by atoms with Gasteiger partial charge in [0.2, 0.25) is 10.0 Å². The predicted octanol–water partition coefficient (Wildman–Crippen LogP) is 1.61. The molecule has 0 radical (unpaired) electrons. The van der Waals surface area contributed by atoms with Crippen molar-refractivity contribution in [1.29, 1.82) is 0 Å². The molecule has 0 spiro atoms. The molecule has 7 heteroatoms. The predicted molar refractivity (Wildman–Crippen MR) is 74.7 cm³/mol. The molecule has 1 aliphatic rings. The molecule has 0 aliphatic carbocycles. The van der Waals surface area contributed by atoms with Crippen LogP contribution >= 0.6 is 11.6 Å². The van der Waals surface area contributed by atoms with E-state index in [4.69, 9.17) is 16.3 Å². The summed E-state index contributed by atoms with van der Waals surface area (Å²) in [6.45, 7) is 2.83. The van der Waals surface area contributed by atoms with Crippen LogP contribution in [0.1, 0.15) is 32.6 Å². The van der Waals surface area contributed by atoms with Gasteiger partial charge in [0.15, 0.2) is 0 Å². The highest BCUT2D eigenvalue weighted by atomic mass is 35.5. The number of hydrogen-bond acceptors (Lipinski definition) is 4. The standard InChI is InChI=1S/C12H22ClNO4S/c1-2-18-12(15)11-6-5-8-14(10-11)19(16,17)9-4-3-7-13/h11H,2-10H2,1H3. The van der Waals surface area contributed by atoms with E-state index in [0.29, 0.717) is 44.7 Å². The van der Waals surface area contributed by atoms with Gasteiger partial charge in [-0.05, 0) is 32.6 Å². The van der Waals surface area contributed by atoms with E-state index in [1.54, 1.807) is 6.92 Å². The molecule has 1 heterocycles. The van der Waals surface area contributed by atoms with Crippen molar-refractivity contribution in [2.45, 2.75) is 32.6 Å². The summed E-state index contributed by atoms with van der Waals surface area (Å²) in [4.78, 5) is 11.7. The van der Waals surface area contributed by atoms with Crippen molar-refractivity contribution in [1.82, 2.24) is 4.31 Å². The van der Waals surface area contributed by atoms with E-state index in [2.05, 4.69) is 0 Å². The van der Waals surface area contributed by atoms with Gasteiger partial charge in [0.25, 0.3) is 0 Å². The quantitative estimate of drug-likeness (QED) is 0.407. The average molecular weight is 312 g/mol. The highest BCUT2D eigenvalue weighted by molar-refractivity contribution is 7.89. The number of sulfonamides is 1. The molecule has 0 N–H and O–H groups in total. The monoisotopic (exact) mass is 311 g/mol. The summed E-state index contributed by atoms with van der Waals surface area (Å²) in [6, 6.07) is 0. The van der Waals surface area contributed by atoms with Crippen LogP contribution in [0.4, 0.5) is 0 Å². The topological polar surface area (TPSA) is 63.7 Å². The minimum absolute atomic E-state index is 0.106. The first-order valence-electron chi connectivity index (χ1n) is 6.71. The number of carbonyl (C=O) groups is 1. The van der Waals surface area contributed by atoms with Crippen LogP contribution in [0.25, 0.3) is 0 Å². The van der Waals surface area contributed by atoms with Gasteiger partial charge in [-0.2, -0.15) is 0 Å². The average Bonchev–Trinajstić information content (AvgIpc) is 2.39. The van der Waals surface area contributed by atoms with Gasteiger partial charge in [-0.1, -0.05) is 0 Å². The molecule has 0 aromatic rings. The number of nitrogens with zero attached hydrogens (tertiary/aromatic N) is 1. The zero-order valence-corrected chi connectivity index (χ0v) is 12.9. The van der Waals surface area contributed by atoms with Crippen molar-refractivity contribution < 1.29 is 17.9 Å². The summed E-state index contributed by atoms with van der Waals surface area (Å²) in [7, 11) is -3.27.